The van der Waals surface area contributed by atoms with E-state index in [1.165, 1.54) is 0 Å². The summed E-state index contributed by atoms with van der Waals surface area (Å²) in [6, 6.07) is 3.95. The lowest BCUT2D eigenvalue weighted by atomic mass is 10.1. The minimum atomic E-state index is -0.130. The number of aromatic nitrogens is 2. The van der Waals surface area contributed by atoms with E-state index in [0.29, 0.717) is 13.1 Å². The van der Waals surface area contributed by atoms with E-state index >= 15 is 0 Å². The van der Waals surface area contributed by atoms with E-state index in [0.717, 1.165) is 30.0 Å². The molecule has 1 unspecified atom stereocenters. The van der Waals surface area contributed by atoms with Gasteiger partial charge in [0.2, 0.25) is 5.91 Å². The second kappa shape index (κ2) is 5.83. The van der Waals surface area contributed by atoms with Crippen LogP contribution in [0.2, 0.25) is 0 Å². The first-order valence-corrected chi connectivity index (χ1v) is 7.28. The summed E-state index contributed by atoms with van der Waals surface area (Å²) in [4.78, 5) is 18.9. The largest absolute Gasteiger partial charge is 0.358 e. The Morgan fingerprint density at radius 3 is 3.19 bits per heavy atom. The zero-order chi connectivity index (χ0) is 14.8. The molecule has 2 aromatic heterocycles. The van der Waals surface area contributed by atoms with Crippen molar-refractivity contribution in [3.63, 3.8) is 0 Å². The molecule has 1 saturated heterocycles. The third kappa shape index (κ3) is 2.77. The number of carbonyl (C=O) groups is 1. The van der Waals surface area contributed by atoms with Crippen LogP contribution < -0.4 is 10.6 Å². The quantitative estimate of drug-likeness (QED) is 0.844. The maximum atomic E-state index is 12.0. The Morgan fingerprint density at radius 2 is 2.43 bits per heavy atom. The number of hydrogen-bond donors (Lipinski definition) is 2. The average Bonchev–Trinajstić information content (AvgIpc) is 2.91. The van der Waals surface area contributed by atoms with E-state index in [2.05, 4.69) is 28.5 Å². The van der Waals surface area contributed by atoms with E-state index in [1.807, 2.05) is 22.9 Å². The summed E-state index contributed by atoms with van der Waals surface area (Å²) in [6.07, 6.45) is 4.05. The monoisotopic (exact) mass is 287 g/mol. The molecular weight excluding hydrogens is 266 g/mol. The number of amides is 1. The minimum Gasteiger partial charge on any atom is -0.358 e. The molecule has 3 heterocycles. The van der Waals surface area contributed by atoms with Crippen molar-refractivity contribution >= 4 is 11.6 Å². The van der Waals surface area contributed by atoms with Crippen molar-refractivity contribution in [2.24, 2.45) is 0 Å². The Balaban J connectivity index is 1.82. The van der Waals surface area contributed by atoms with Crippen LogP contribution in [0.25, 0.3) is 5.65 Å². The Labute approximate surface area is 124 Å². The number of fused-ring (bicyclic) bond motifs is 1. The SMILES string of the molecule is CNC(=O)C1CNCCN1Cc1cn2cccc(C)c2n1. The number of nitrogens with zero attached hydrogens (tertiary/aromatic N) is 3. The van der Waals surface area contributed by atoms with Gasteiger partial charge in [0.1, 0.15) is 11.7 Å². The molecule has 3 rings (SSSR count). The third-order valence-corrected chi connectivity index (χ3v) is 4.00. The van der Waals surface area contributed by atoms with Crippen LogP contribution in [0.15, 0.2) is 24.5 Å². The second-order valence-corrected chi connectivity index (χ2v) is 5.46. The lowest BCUT2D eigenvalue weighted by Gasteiger charge is -2.34. The van der Waals surface area contributed by atoms with Crippen LogP contribution in [0.3, 0.4) is 0 Å². The van der Waals surface area contributed by atoms with E-state index in [-0.39, 0.29) is 11.9 Å². The fraction of sp³-hybridized carbons (Fsp3) is 0.467. The molecule has 0 saturated carbocycles. The second-order valence-electron chi connectivity index (χ2n) is 5.46. The van der Waals surface area contributed by atoms with Crippen molar-refractivity contribution in [2.75, 3.05) is 26.7 Å². The maximum Gasteiger partial charge on any atom is 0.238 e. The van der Waals surface area contributed by atoms with Gasteiger partial charge in [0, 0.05) is 45.6 Å². The number of aryl methyl sites for hydroxylation is 1. The summed E-state index contributed by atoms with van der Waals surface area (Å²) in [7, 11) is 1.68. The van der Waals surface area contributed by atoms with Crippen LogP contribution in [-0.2, 0) is 11.3 Å². The Morgan fingerprint density at radius 1 is 1.57 bits per heavy atom. The summed E-state index contributed by atoms with van der Waals surface area (Å²) in [5.41, 5.74) is 3.14. The number of rotatable bonds is 3. The standard InChI is InChI=1S/C15H21N5O/c1-11-4-3-6-20-10-12(18-14(11)20)9-19-7-5-17-8-13(19)15(21)16-2/h3-4,6,10,13,17H,5,7-9H2,1-2H3,(H,16,21). The van der Waals surface area contributed by atoms with Gasteiger partial charge in [-0.3, -0.25) is 9.69 Å². The first kappa shape index (κ1) is 14.0. The van der Waals surface area contributed by atoms with Gasteiger partial charge in [0.15, 0.2) is 0 Å². The van der Waals surface area contributed by atoms with Gasteiger partial charge in [-0.2, -0.15) is 0 Å². The Kier molecular flexibility index (Phi) is 3.90. The third-order valence-electron chi connectivity index (χ3n) is 4.00. The molecule has 1 aliphatic rings. The molecule has 6 heteroatoms. The van der Waals surface area contributed by atoms with Crippen LogP contribution in [0.1, 0.15) is 11.3 Å². The zero-order valence-electron chi connectivity index (χ0n) is 12.5. The van der Waals surface area contributed by atoms with Gasteiger partial charge in [-0.1, -0.05) is 6.07 Å². The summed E-state index contributed by atoms with van der Waals surface area (Å²) in [5.74, 6) is 0.0575. The molecule has 0 aromatic carbocycles. The van der Waals surface area contributed by atoms with Crippen molar-refractivity contribution in [1.29, 1.82) is 0 Å². The number of nitrogens with one attached hydrogen (secondary N) is 2. The van der Waals surface area contributed by atoms with Crippen molar-refractivity contribution in [1.82, 2.24) is 24.9 Å². The number of carbonyl (C=O) groups excluding carboxylic acids is 1. The molecule has 0 aliphatic carbocycles. The minimum absolute atomic E-state index is 0.0575. The van der Waals surface area contributed by atoms with Crippen molar-refractivity contribution in [3.8, 4) is 0 Å². The predicted octanol–water partition coefficient (Wildman–Crippen LogP) is 0.163. The molecule has 0 spiro atoms. The van der Waals surface area contributed by atoms with E-state index < -0.39 is 0 Å². The summed E-state index contributed by atoms with van der Waals surface area (Å²) < 4.78 is 2.04. The molecule has 21 heavy (non-hydrogen) atoms. The number of pyridine rings is 1. The molecule has 1 aliphatic heterocycles. The fourth-order valence-corrected chi connectivity index (χ4v) is 2.85. The Hall–Kier alpha value is -1.92. The average molecular weight is 287 g/mol. The van der Waals surface area contributed by atoms with Crippen molar-refractivity contribution < 1.29 is 4.79 Å². The molecule has 2 aromatic rings. The molecule has 2 N–H and O–H groups in total. The molecule has 6 nitrogen and oxygen atoms in total. The summed E-state index contributed by atoms with van der Waals surface area (Å²) in [6.45, 7) is 5.20. The molecule has 1 fully saturated rings. The smallest absolute Gasteiger partial charge is 0.238 e. The number of imidazole rings is 1. The number of likely N-dealkylation sites (N-methyl/N-ethyl adjacent to an activating group) is 1. The van der Waals surface area contributed by atoms with Gasteiger partial charge >= 0.3 is 0 Å². The normalized spacial score (nSPS) is 19.8. The first-order valence-electron chi connectivity index (χ1n) is 7.28. The predicted molar refractivity (Wildman–Crippen MR) is 81.1 cm³/mol. The summed E-state index contributed by atoms with van der Waals surface area (Å²) >= 11 is 0. The molecule has 112 valence electrons. The first-order chi connectivity index (χ1) is 10.2. The van der Waals surface area contributed by atoms with Gasteiger partial charge < -0.3 is 15.0 Å². The lowest BCUT2D eigenvalue weighted by molar-refractivity contribution is -0.126. The topological polar surface area (TPSA) is 61.7 Å². The highest BCUT2D eigenvalue weighted by Crippen LogP contribution is 2.14. The highest BCUT2D eigenvalue weighted by Gasteiger charge is 2.28. The number of piperazine rings is 1. The molecule has 1 amide bonds. The van der Waals surface area contributed by atoms with Crippen molar-refractivity contribution in [3.05, 3.63) is 35.8 Å². The highest BCUT2D eigenvalue weighted by molar-refractivity contribution is 5.81. The lowest BCUT2D eigenvalue weighted by Crippen LogP contribution is -2.56. The van der Waals surface area contributed by atoms with Gasteiger partial charge in [-0.05, 0) is 18.6 Å². The maximum absolute atomic E-state index is 12.0. The van der Waals surface area contributed by atoms with E-state index in [1.54, 1.807) is 7.05 Å². The number of hydrogen-bond acceptors (Lipinski definition) is 4. The molecule has 1 atom stereocenters. The molecule has 0 radical (unpaired) electrons. The van der Waals surface area contributed by atoms with Gasteiger partial charge in [-0.25, -0.2) is 4.98 Å². The molecule has 0 bridgehead atoms. The van der Waals surface area contributed by atoms with Gasteiger partial charge in [0.05, 0.1) is 5.69 Å². The van der Waals surface area contributed by atoms with Crippen LogP contribution in [-0.4, -0.2) is 52.9 Å². The van der Waals surface area contributed by atoms with Crippen LogP contribution >= 0.6 is 0 Å². The van der Waals surface area contributed by atoms with Crippen molar-refractivity contribution in [2.45, 2.75) is 19.5 Å². The highest BCUT2D eigenvalue weighted by atomic mass is 16.2. The molecular formula is C15H21N5O. The van der Waals surface area contributed by atoms with Crippen LogP contribution in [0.5, 0.6) is 0 Å². The Bertz CT molecular complexity index is 651. The van der Waals surface area contributed by atoms with Gasteiger partial charge in [0.25, 0.3) is 0 Å². The van der Waals surface area contributed by atoms with E-state index in [4.69, 9.17) is 4.98 Å². The van der Waals surface area contributed by atoms with Gasteiger partial charge in [-0.15, -0.1) is 0 Å². The summed E-state index contributed by atoms with van der Waals surface area (Å²) in [5, 5.41) is 6.01. The zero-order valence-corrected chi connectivity index (χ0v) is 12.5. The fourth-order valence-electron chi connectivity index (χ4n) is 2.85. The van der Waals surface area contributed by atoms with Crippen LogP contribution in [0, 0.1) is 6.92 Å². The van der Waals surface area contributed by atoms with E-state index in [9.17, 15) is 4.79 Å². The van der Waals surface area contributed by atoms with Crippen LogP contribution in [0.4, 0.5) is 0 Å².